The van der Waals surface area contributed by atoms with Crippen LogP contribution in [0.4, 0.5) is 0 Å². The van der Waals surface area contributed by atoms with Crippen molar-refractivity contribution in [1.29, 1.82) is 0 Å². The molecule has 2 aromatic rings. The molecule has 112 valence electrons. The van der Waals surface area contributed by atoms with Crippen LogP contribution >= 0.6 is 0 Å². The van der Waals surface area contributed by atoms with Gasteiger partial charge in [0.05, 0.1) is 17.1 Å². The molecule has 0 unspecified atom stereocenters. The second-order valence-electron chi connectivity index (χ2n) is 4.84. The smallest absolute Gasteiger partial charge is 0.241 e. The summed E-state index contributed by atoms with van der Waals surface area (Å²) in [5.41, 5.74) is 8.80. The van der Waals surface area contributed by atoms with Crippen molar-refractivity contribution in [2.75, 3.05) is 0 Å². The third-order valence-electron chi connectivity index (χ3n) is 3.45. The van der Waals surface area contributed by atoms with Crippen LogP contribution in [0.5, 0.6) is 0 Å². The molecule has 5 nitrogen and oxygen atoms in total. The molecule has 0 atom stereocenters. The summed E-state index contributed by atoms with van der Waals surface area (Å²) in [6.07, 6.45) is 1.65. The van der Waals surface area contributed by atoms with Gasteiger partial charge in [0.25, 0.3) is 0 Å². The van der Waals surface area contributed by atoms with Crippen LogP contribution in [-0.4, -0.2) is 13.4 Å². The van der Waals surface area contributed by atoms with Gasteiger partial charge in [-0.1, -0.05) is 18.2 Å². The number of aromatic nitrogens is 1. The number of sulfonamides is 1. The highest BCUT2D eigenvalue weighted by Gasteiger charge is 2.18. The Morgan fingerprint density at radius 1 is 1.19 bits per heavy atom. The predicted octanol–water partition coefficient (Wildman–Crippen LogP) is 1.64. The maximum Gasteiger partial charge on any atom is 0.241 e. The van der Waals surface area contributed by atoms with E-state index in [-0.39, 0.29) is 11.4 Å². The highest BCUT2D eigenvalue weighted by Crippen LogP contribution is 2.18. The number of rotatable bonds is 5. The number of nitrogens with one attached hydrogen (secondary N) is 1. The molecule has 0 spiro atoms. The van der Waals surface area contributed by atoms with Gasteiger partial charge in [-0.2, -0.15) is 0 Å². The molecule has 0 amide bonds. The summed E-state index contributed by atoms with van der Waals surface area (Å²) >= 11 is 0. The predicted molar refractivity (Wildman–Crippen MR) is 82.1 cm³/mol. The van der Waals surface area contributed by atoms with Gasteiger partial charge >= 0.3 is 0 Å². The number of aryl methyl sites for hydroxylation is 1. The van der Waals surface area contributed by atoms with E-state index in [0.717, 1.165) is 11.1 Å². The molecule has 1 aromatic carbocycles. The normalized spacial score (nSPS) is 11.6. The standard InChI is InChI=1S/C15H19N3O2S/c1-11-5-4-8-17-14(11)10-18-21(19,20)15-7-3-6-13(9-16)12(15)2/h3-8,18H,9-10,16H2,1-2H3. The molecular formula is C15H19N3O2S. The highest BCUT2D eigenvalue weighted by atomic mass is 32.2. The minimum atomic E-state index is -3.58. The molecule has 0 saturated carbocycles. The topological polar surface area (TPSA) is 85.1 Å². The van der Waals surface area contributed by atoms with Crippen molar-refractivity contribution in [3.63, 3.8) is 0 Å². The third kappa shape index (κ3) is 3.47. The van der Waals surface area contributed by atoms with Crippen LogP contribution in [0, 0.1) is 13.8 Å². The van der Waals surface area contributed by atoms with E-state index < -0.39 is 10.0 Å². The van der Waals surface area contributed by atoms with E-state index in [1.165, 1.54) is 0 Å². The van der Waals surface area contributed by atoms with Gasteiger partial charge in [-0.3, -0.25) is 4.98 Å². The first-order chi connectivity index (χ1) is 9.95. The Morgan fingerprint density at radius 3 is 2.62 bits per heavy atom. The van der Waals surface area contributed by atoms with E-state index in [1.807, 2.05) is 25.1 Å². The second kappa shape index (κ2) is 6.34. The van der Waals surface area contributed by atoms with E-state index in [1.54, 1.807) is 25.3 Å². The second-order valence-corrected chi connectivity index (χ2v) is 6.57. The number of benzene rings is 1. The summed E-state index contributed by atoms with van der Waals surface area (Å²) in [7, 11) is -3.58. The number of hydrogen-bond acceptors (Lipinski definition) is 4. The van der Waals surface area contributed by atoms with Crippen LogP contribution in [0.15, 0.2) is 41.4 Å². The molecular weight excluding hydrogens is 286 g/mol. The van der Waals surface area contributed by atoms with Crippen LogP contribution in [0.25, 0.3) is 0 Å². The maximum absolute atomic E-state index is 12.4. The van der Waals surface area contributed by atoms with Crippen molar-refractivity contribution in [1.82, 2.24) is 9.71 Å². The highest BCUT2D eigenvalue weighted by molar-refractivity contribution is 7.89. The minimum absolute atomic E-state index is 0.168. The quantitative estimate of drug-likeness (QED) is 0.879. The Balaban J connectivity index is 2.26. The Bertz CT molecular complexity index is 742. The van der Waals surface area contributed by atoms with Crippen LogP contribution in [0.3, 0.4) is 0 Å². The lowest BCUT2D eigenvalue weighted by atomic mass is 10.1. The molecule has 0 aliphatic carbocycles. The monoisotopic (exact) mass is 305 g/mol. The Kier molecular flexibility index (Phi) is 4.72. The molecule has 0 radical (unpaired) electrons. The number of nitrogens with two attached hydrogens (primary N) is 1. The Labute approximate surface area is 125 Å². The first-order valence-electron chi connectivity index (χ1n) is 6.64. The average Bonchev–Trinajstić information content (AvgIpc) is 2.46. The van der Waals surface area contributed by atoms with Gasteiger partial charge in [0.2, 0.25) is 10.0 Å². The molecule has 3 N–H and O–H groups in total. The summed E-state index contributed by atoms with van der Waals surface area (Å²) in [4.78, 5) is 4.45. The van der Waals surface area contributed by atoms with E-state index in [0.29, 0.717) is 17.8 Å². The van der Waals surface area contributed by atoms with E-state index in [2.05, 4.69) is 9.71 Å². The fourth-order valence-electron chi connectivity index (χ4n) is 2.12. The molecule has 2 rings (SSSR count). The molecule has 0 bridgehead atoms. The van der Waals surface area contributed by atoms with Crippen molar-refractivity contribution in [2.24, 2.45) is 5.73 Å². The lowest BCUT2D eigenvalue weighted by molar-refractivity contribution is 0.579. The molecule has 0 saturated heterocycles. The summed E-state index contributed by atoms with van der Waals surface area (Å²) < 4.78 is 27.4. The number of hydrogen-bond donors (Lipinski definition) is 2. The molecule has 0 aliphatic heterocycles. The lowest BCUT2D eigenvalue weighted by Gasteiger charge is -2.12. The summed E-state index contributed by atoms with van der Waals surface area (Å²) in [6.45, 7) is 4.15. The van der Waals surface area contributed by atoms with Gasteiger partial charge in [0.1, 0.15) is 0 Å². The molecule has 0 fully saturated rings. The summed E-state index contributed by atoms with van der Waals surface area (Å²) in [5.74, 6) is 0. The molecule has 6 heteroatoms. The van der Waals surface area contributed by atoms with Crippen LogP contribution < -0.4 is 10.5 Å². The van der Waals surface area contributed by atoms with E-state index in [4.69, 9.17) is 5.73 Å². The van der Waals surface area contributed by atoms with Gasteiger partial charge in [0.15, 0.2) is 0 Å². The van der Waals surface area contributed by atoms with Crippen LogP contribution in [0.1, 0.15) is 22.4 Å². The number of nitrogens with zero attached hydrogens (tertiary/aromatic N) is 1. The maximum atomic E-state index is 12.4. The Hall–Kier alpha value is -1.76. The van der Waals surface area contributed by atoms with E-state index >= 15 is 0 Å². The fraction of sp³-hybridized carbons (Fsp3) is 0.267. The number of pyridine rings is 1. The molecule has 1 aromatic heterocycles. The average molecular weight is 305 g/mol. The Morgan fingerprint density at radius 2 is 1.95 bits per heavy atom. The van der Waals surface area contributed by atoms with Gasteiger partial charge in [-0.05, 0) is 42.7 Å². The van der Waals surface area contributed by atoms with Gasteiger partial charge in [0, 0.05) is 12.7 Å². The van der Waals surface area contributed by atoms with Crippen LogP contribution in [-0.2, 0) is 23.1 Å². The lowest BCUT2D eigenvalue weighted by Crippen LogP contribution is -2.25. The third-order valence-corrected chi connectivity index (χ3v) is 5.00. The SMILES string of the molecule is Cc1cccnc1CNS(=O)(=O)c1cccc(CN)c1C. The largest absolute Gasteiger partial charge is 0.326 e. The van der Waals surface area contributed by atoms with Crippen molar-refractivity contribution >= 4 is 10.0 Å². The van der Waals surface area contributed by atoms with Gasteiger partial charge in [-0.15, -0.1) is 0 Å². The van der Waals surface area contributed by atoms with Crippen molar-refractivity contribution < 1.29 is 8.42 Å². The first-order valence-corrected chi connectivity index (χ1v) is 8.12. The first kappa shape index (κ1) is 15.6. The van der Waals surface area contributed by atoms with Gasteiger partial charge < -0.3 is 5.73 Å². The van der Waals surface area contributed by atoms with Gasteiger partial charge in [-0.25, -0.2) is 13.1 Å². The van der Waals surface area contributed by atoms with E-state index in [9.17, 15) is 8.42 Å². The van der Waals surface area contributed by atoms with Crippen molar-refractivity contribution in [3.8, 4) is 0 Å². The molecule has 1 heterocycles. The molecule has 0 aliphatic rings. The minimum Gasteiger partial charge on any atom is -0.326 e. The van der Waals surface area contributed by atoms with Crippen LogP contribution in [0.2, 0.25) is 0 Å². The van der Waals surface area contributed by atoms with Crippen molar-refractivity contribution in [2.45, 2.75) is 31.8 Å². The zero-order valence-corrected chi connectivity index (χ0v) is 12.9. The van der Waals surface area contributed by atoms with Crippen molar-refractivity contribution in [3.05, 3.63) is 58.9 Å². The zero-order chi connectivity index (χ0) is 15.5. The summed E-state index contributed by atoms with van der Waals surface area (Å²) in [5, 5.41) is 0. The molecule has 21 heavy (non-hydrogen) atoms. The summed E-state index contributed by atoms with van der Waals surface area (Å²) in [6, 6.07) is 8.84. The fourth-order valence-corrected chi connectivity index (χ4v) is 3.39. The zero-order valence-electron chi connectivity index (χ0n) is 12.1.